The second-order valence-corrected chi connectivity index (χ2v) is 6.56. The molecule has 0 aliphatic carbocycles. The SMILES string of the molecule is CC(C)(C)Oc1ccc(OCN2CC[C@H](C(F)(F)F)C2)cc1. The molecule has 0 aromatic heterocycles. The zero-order valence-corrected chi connectivity index (χ0v) is 13.1. The molecular weight excluding hydrogens is 295 g/mol. The summed E-state index contributed by atoms with van der Waals surface area (Å²) in [6, 6.07) is 7.11. The van der Waals surface area contributed by atoms with Crippen LogP contribution in [0.25, 0.3) is 0 Å². The third-order valence-electron chi connectivity index (χ3n) is 3.40. The average molecular weight is 317 g/mol. The molecule has 1 aliphatic heterocycles. The summed E-state index contributed by atoms with van der Waals surface area (Å²) in [7, 11) is 0. The Labute approximate surface area is 129 Å². The van der Waals surface area contributed by atoms with Crippen LogP contribution in [0.5, 0.6) is 11.5 Å². The standard InChI is InChI=1S/C16H22F3NO2/c1-15(2,3)22-14-6-4-13(5-7-14)21-11-20-9-8-12(10-20)16(17,18)19/h4-7,12H,8-11H2,1-3H3/t12-/m0/s1. The minimum Gasteiger partial charge on any atom is -0.488 e. The molecule has 1 aliphatic rings. The van der Waals surface area contributed by atoms with Crippen molar-refractivity contribution >= 4 is 0 Å². The van der Waals surface area contributed by atoms with Crippen molar-refractivity contribution in [3.63, 3.8) is 0 Å². The van der Waals surface area contributed by atoms with E-state index in [1.165, 1.54) is 0 Å². The van der Waals surface area contributed by atoms with Gasteiger partial charge in [-0.05, 0) is 51.5 Å². The van der Waals surface area contributed by atoms with Gasteiger partial charge in [0, 0.05) is 13.1 Å². The molecule has 1 aromatic carbocycles. The molecule has 0 unspecified atom stereocenters. The third-order valence-corrected chi connectivity index (χ3v) is 3.40. The van der Waals surface area contributed by atoms with Gasteiger partial charge in [-0.25, -0.2) is 0 Å². The lowest BCUT2D eigenvalue weighted by molar-refractivity contribution is -0.171. The summed E-state index contributed by atoms with van der Waals surface area (Å²) in [5.74, 6) is 0.119. The van der Waals surface area contributed by atoms with Crippen LogP contribution < -0.4 is 9.47 Å². The second-order valence-electron chi connectivity index (χ2n) is 6.56. The van der Waals surface area contributed by atoms with Gasteiger partial charge in [-0.15, -0.1) is 0 Å². The number of alkyl halides is 3. The predicted molar refractivity (Wildman–Crippen MR) is 78.1 cm³/mol. The molecule has 2 rings (SSSR count). The second kappa shape index (κ2) is 6.36. The van der Waals surface area contributed by atoms with Gasteiger partial charge < -0.3 is 9.47 Å². The van der Waals surface area contributed by atoms with Crippen molar-refractivity contribution in [2.75, 3.05) is 19.8 Å². The molecule has 1 fully saturated rings. The fourth-order valence-corrected chi connectivity index (χ4v) is 2.34. The number of benzene rings is 1. The summed E-state index contributed by atoms with van der Waals surface area (Å²) in [6.07, 6.45) is -3.97. The van der Waals surface area contributed by atoms with Gasteiger partial charge in [0.25, 0.3) is 0 Å². The Bertz CT molecular complexity index is 480. The molecule has 1 aromatic rings. The van der Waals surface area contributed by atoms with E-state index in [-0.39, 0.29) is 25.3 Å². The van der Waals surface area contributed by atoms with Gasteiger partial charge in [0.15, 0.2) is 0 Å². The van der Waals surface area contributed by atoms with Crippen LogP contribution in [0.3, 0.4) is 0 Å². The maximum Gasteiger partial charge on any atom is 0.393 e. The summed E-state index contributed by atoms with van der Waals surface area (Å²) in [4.78, 5) is 1.68. The molecule has 0 saturated carbocycles. The minimum absolute atomic E-state index is 0.00865. The molecule has 3 nitrogen and oxygen atoms in total. The number of rotatable bonds is 4. The highest BCUT2D eigenvalue weighted by atomic mass is 19.4. The molecule has 0 N–H and O–H groups in total. The summed E-state index contributed by atoms with van der Waals surface area (Å²) >= 11 is 0. The van der Waals surface area contributed by atoms with Crippen LogP contribution in [0, 0.1) is 5.92 Å². The van der Waals surface area contributed by atoms with E-state index in [0.29, 0.717) is 12.3 Å². The van der Waals surface area contributed by atoms with Crippen molar-refractivity contribution in [1.29, 1.82) is 0 Å². The molecule has 124 valence electrons. The van der Waals surface area contributed by atoms with E-state index in [1.807, 2.05) is 20.8 Å². The molecule has 1 atom stereocenters. The normalized spacial score (nSPS) is 20.2. The van der Waals surface area contributed by atoms with Crippen molar-refractivity contribution < 1.29 is 22.6 Å². The first kappa shape index (κ1) is 16.9. The number of nitrogens with zero attached hydrogens (tertiary/aromatic N) is 1. The molecule has 0 radical (unpaired) electrons. The van der Waals surface area contributed by atoms with Crippen molar-refractivity contribution in [2.24, 2.45) is 5.92 Å². The highest BCUT2D eigenvalue weighted by Gasteiger charge is 2.43. The Morgan fingerprint density at radius 2 is 1.68 bits per heavy atom. The lowest BCUT2D eigenvalue weighted by atomic mass is 10.1. The lowest BCUT2D eigenvalue weighted by Gasteiger charge is -2.21. The summed E-state index contributed by atoms with van der Waals surface area (Å²) in [5, 5.41) is 0. The molecule has 1 saturated heterocycles. The highest BCUT2D eigenvalue weighted by molar-refractivity contribution is 5.31. The Balaban J connectivity index is 1.81. The zero-order valence-electron chi connectivity index (χ0n) is 13.1. The maximum absolute atomic E-state index is 12.6. The molecule has 6 heteroatoms. The number of hydrogen-bond donors (Lipinski definition) is 0. The fraction of sp³-hybridized carbons (Fsp3) is 0.625. The molecular formula is C16H22F3NO2. The van der Waals surface area contributed by atoms with Gasteiger partial charge in [0.05, 0.1) is 5.92 Å². The first-order valence-electron chi connectivity index (χ1n) is 7.34. The third kappa shape index (κ3) is 5.09. The number of halogens is 3. The van der Waals surface area contributed by atoms with Crippen molar-refractivity contribution in [2.45, 2.75) is 39.0 Å². The lowest BCUT2D eigenvalue weighted by Crippen LogP contribution is -2.30. The van der Waals surface area contributed by atoms with E-state index in [0.717, 1.165) is 5.75 Å². The van der Waals surface area contributed by atoms with Gasteiger partial charge >= 0.3 is 6.18 Å². The Morgan fingerprint density at radius 1 is 1.09 bits per heavy atom. The molecule has 0 bridgehead atoms. The first-order chi connectivity index (χ1) is 10.1. The van der Waals surface area contributed by atoms with Gasteiger partial charge in [0.1, 0.15) is 23.8 Å². The smallest absolute Gasteiger partial charge is 0.393 e. The van der Waals surface area contributed by atoms with Crippen LogP contribution in [0.15, 0.2) is 24.3 Å². The van der Waals surface area contributed by atoms with E-state index in [2.05, 4.69) is 0 Å². The van der Waals surface area contributed by atoms with Crippen LogP contribution >= 0.6 is 0 Å². The molecule has 22 heavy (non-hydrogen) atoms. The summed E-state index contributed by atoms with van der Waals surface area (Å²) in [6.45, 7) is 6.47. The van der Waals surface area contributed by atoms with Crippen LogP contribution in [0.1, 0.15) is 27.2 Å². The Hall–Kier alpha value is -1.43. The number of ether oxygens (including phenoxy) is 2. The van der Waals surface area contributed by atoms with Crippen LogP contribution in [0.4, 0.5) is 13.2 Å². The van der Waals surface area contributed by atoms with E-state index in [9.17, 15) is 13.2 Å². The number of likely N-dealkylation sites (tertiary alicyclic amines) is 1. The summed E-state index contributed by atoms with van der Waals surface area (Å²) in [5.41, 5.74) is -0.273. The molecule has 1 heterocycles. The predicted octanol–water partition coefficient (Wildman–Crippen LogP) is 4.08. The van der Waals surface area contributed by atoms with Gasteiger partial charge in [-0.1, -0.05) is 0 Å². The van der Waals surface area contributed by atoms with Crippen LogP contribution in [0.2, 0.25) is 0 Å². The topological polar surface area (TPSA) is 21.7 Å². The quantitative estimate of drug-likeness (QED) is 0.835. The van der Waals surface area contributed by atoms with Gasteiger partial charge in [0.2, 0.25) is 0 Å². The molecule has 0 amide bonds. The van der Waals surface area contributed by atoms with E-state index in [4.69, 9.17) is 9.47 Å². The zero-order chi connectivity index (χ0) is 16.4. The maximum atomic E-state index is 12.6. The fourth-order valence-electron chi connectivity index (χ4n) is 2.34. The van der Waals surface area contributed by atoms with Gasteiger partial charge in [-0.2, -0.15) is 13.2 Å². The Kier molecular flexibility index (Phi) is 4.90. The van der Waals surface area contributed by atoms with Crippen molar-refractivity contribution in [3.8, 4) is 11.5 Å². The van der Waals surface area contributed by atoms with Crippen molar-refractivity contribution in [3.05, 3.63) is 24.3 Å². The highest BCUT2D eigenvalue weighted by Crippen LogP contribution is 2.33. The van der Waals surface area contributed by atoms with Crippen LogP contribution in [-0.2, 0) is 0 Å². The summed E-state index contributed by atoms with van der Waals surface area (Å²) < 4.78 is 49.0. The van der Waals surface area contributed by atoms with Crippen LogP contribution in [-0.4, -0.2) is 36.5 Å². The average Bonchev–Trinajstić information content (AvgIpc) is 2.85. The van der Waals surface area contributed by atoms with E-state index < -0.39 is 12.1 Å². The van der Waals surface area contributed by atoms with Crippen molar-refractivity contribution in [1.82, 2.24) is 4.90 Å². The van der Waals surface area contributed by atoms with E-state index >= 15 is 0 Å². The van der Waals surface area contributed by atoms with E-state index in [1.54, 1.807) is 29.2 Å². The molecule has 0 spiro atoms. The monoisotopic (exact) mass is 317 g/mol. The number of hydrogen-bond acceptors (Lipinski definition) is 3. The van der Waals surface area contributed by atoms with Gasteiger partial charge in [-0.3, -0.25) is 4.90 Å². The minimum atomic E-state index is -4.11. The Morgan fingerprint density at radius 3 is 2.18 bits per heavy atom. The largest absolute Gasteiger partial charge is 0.488 e. The first-order valence-corrected chi connectivity index (χ1v) is 7.34.